The summed E-state index contributed by atoms with van der Waals surface area (Å²) in [5, 5.41) is 11.8. The maximum Gasteiger partial charge on any atom is 0.348 e. The number of hydrogen-bond acceptors (Lipinski definition) is 8. The van der Waals surface area contributed by atoms with Crippen molar-refractivity contribution in [3.05, 3.63) is 63.8 Å². The number of esters is 2. The van der Waals surface area contributed by atoms with E-state index in [2.05, 4.69) is 4.98 Å². The van der Waals surface area contributed by atoms with Crippen LogP contribution in [0, 0.1) is 10.1 Å². The molecule has 3 rings (SSSR count). The molecule has 1 aliphatic heterocycles. The Bertz CT molecular complexity index is 934. The Morgan fingerprint density at radius 2 is 1.85 bits per heavy atom. The highest BCUT2D eigenvalue weighted by atomic mass is 32.2. The molecule has 0 unspecified atom stereocenters. The first kappa shape index (κ1) is 18.6. The van der Waals surface area contributed by atoms with E-state index < -0.39 is 22.6 Å². The van der Waals surface area contributed by atoms with Crippen LogP contribution in [0.3, 0.4) is 0 Å². The predicted molar refractivity (Wildman–Crippen MR) is 95.7 cm³/mol. The van der Waals surface area contributed by atoms with E-state index in [4.69, 9.17) is 9.47 Å². The van der Waals surface area contributed by atoms with E-state index >= 15 is 0 Å². The molecule has 0 saturated carbocycles. The van der Waals surface area contributed by atoms with Gasteiger partial charge in [-0.15, -0.1) is 0 Å². The highest BCUT2D eigenvalue weighted by Gasteiger charge is 2.39. The number of carbonyl (C=O) groups excluding carboxylic acids is 2. The smallest absolute Gasteiger partial charge is 0.348 e. The summed E-state index contributed by atoms with van der Waals surface area (Å²) in [6, 6.07) is 9.49. The largest absolute Gasteiger partial charge is 0.419 e. The number of cyclic esters (lactones) is 2. The van der Waals surface area contributed by atoms with Gasteiger partial charge in [0.05, 0.1) is 4.92 Å². The van der Waals surface area contributed by atoms with Gasteiger partial charge in [-0.2, -0.15) is 0 Å². The molecule has 0 radical (unpaired) electrons. The maximum atomic E-state index is 12.2. The van der Waals surface area contributed by atoms with Crippen molar-refractivity contribution in [2.24, 2.45) is 0 Å². The molecular weight excluding hydrogens is 372 g/mol. The Labute approximate surface area is 158 Å². The number of carbonyl (C=O) groups is 2. The molecule has 8 nitrogen and oxygen atoms in total. The van der Waals surface area contributed by atoms with E-state index in [9.17, 15) is 19.7 Å². The van der Waals surface area contributed by atoms with Crippen LogP contribution in [-0.4, -0.2) is 27.6 Å². The molecule has 0 aliphatic carbocycles. The average molecular weight is 386 g/mol. The fourth-order valence-electron chi connectivity index (χ4n) is 2.31. The number of nitro benzene ring substituents is 1. The van der Waals surface area contributed by atoms with Gasteiger partial charge in [0.2, 0.25) is 0 Å². The molecule has 1 saturated heterocycles. The Morgan fingerprint density at radius 1 is 1.15 bits per heavy atom. The SMILES string of the molecule is CC1(C)OC(=O)C(=Cc2cc([N+](=O)[O-])ccc2Sc2ccccn2)C(=O)O1. The molecule has 1 aromatic heterocycles. The summed E-state index contributed by atoms with van der Waals surface area (Å²) in [4.78, 5) is 39.7. The Balaban J connectivity index is 2.04. The molecular formula is C18H14N2O6S. The fraction of sp³-hybridized carbons (Fsp3) is 0.167. The summed E-state index contributed by atoms with van der Waals surface area (Å²) in [6.07, 6.45) is 2.85. The van der Waals surface area contributed by atoms with Crippen LogP contribution in [0.4, 0.5) is 5.69 Å². The Morgan fingerprint density at radius 3 is 2.44 bits per heavy atom. The van der Waals surface area contributed by atoms with Crippen molar-refractivity contribution < 1.29 is 24.0 Å². The van der Waals surface area contributed by atoms with Crippen LogP contribution in [0.2, 0.25) is 0 Å². The third kappa shape index (κ3) is 4.32. The number of ether oxygens (including phenoxy) is 2. The molecule has 0 spiro atoms. The van der Waals surface area contributed by atoms with E-state index in [-0.39, 0.29) is 11.3 Å². The van der Waals surface area contributed by atoms with Gasteiger partial charge < -0.3 is 9.47 Å². The topological polar surface area (TPSA) is 109 Å². The third-order valence-corrected chi connectivity index (χ3v) is 4.52. The molecule has 2 aromatic rings. The van der Waals surface area contributed by atoms with Gasteiger partial charge in [0.25, 0.3) is 11.5 Å². The van der Waals surface area contributed by atoms with Gasteiger partial charge in [-0.3, -0.25) is 10.1 Å². The van der Waals surface area contributed by atoms with Crippen molar-refractivity contribution in [1.82, 2.24) is 4.98 Å². The van der Waals surface area contributed by atoms with E-state index in [1.807, 2.05) is 0 Å². The highest BCUT2D eigenvalue weighted by molar-refractivity contribution is 7.99. The van der Waals surface area contributed by atoms with Crippen molar-refractivity contribution in [2.75, 3.05) is 0 Å². The van der Waals surface area contributed by atoms with Gasteiger partial charge in [-0.05, 0) is 29.8 Å². The van der Waals surface area contributed by atoms with Crippen molar-refractivity contribution in [1.29, 1.82) is 0 Å². The Kier molecular flexibility index (Phi) is 4.95. The fourth-order valence-corrected chi connectivity index (χ4v) is 3.17. The van der Waals surface area contributed by atoms with E-state index in [1.165, 1.54) is 49.9 Å². The lowest BCUT2D eigenvalue weighted by molar-refractivity contribution is -0.384. The van der Waals surface area contributed by atoms with Crippen LogP contribution in [0.25, 0.3) is 6.08 Å². The first-order valence-electron chi connectivity index (χ1n) is 7.81. The third-order valence-electron chi connectivity index (χ3n) is 3.47. The molecule has 0 atom stereocenters. The number of nitro groups is 1. The standard InChI is InChI=1S/C18H14N2O6S/c1-18(2)25-16(21)13(17(22)26-18)10-11-9-12(20(23)24)6-7-14(11)27-15-5-3-4-8-19-15/h3-10H,1-2H3. The second kappa shape index (κ2) is 7.20. The minimum atomic E-state index is -1.36. The van der Waals surface area contributed by atoms with Gasteiger partial charge in [0.1, 0.15) is 10.6 Å². The Hall–Kier alpha value is -3.20. The first-order valence-corrected chi connectivity index (χ1v) is 8.62. The zero-order chi connectivity index (χ0) is 19.6. The van der Waals surface area contributed by atoms with Crippen molar-refractivity contribution >= 4 is 35.5 Å². The van der Waals surface area contributed by atoms with Crippen molar-refractivity contribution in [3.63, 3.8) is 0 Å². The molecule has 0 bridgehead atoms. The lowest BCUT2D eigenvalue weighted by Crippen LogP contribution is -2.41. The lowest BCUT2D eigenvalue weighted by Gasteiger charge is -2.29. The zero-order valence-corrected chi connectivity index (χ0v) is 15.2. The van der Waals surface area contributed by atoms with E-state index in [0.717, 1.165) is 0 Å². The quantitative estimate of drug-likeness (QED) is 0.259. The molecule has 1 aromatic carbocycles. The summed E-state index contributed by atoms with van der Waals surface area (Å²) in [5.41, 5.74) is -0.203. The number of benzene rings is 1. The van der Waals surface area contributed by atoms with Crippen LogP contribution >= 0.6 is 11.8 Å². The molecule has 0 amide bonds. The molecule has 1 fully saturated rings. The molecule has 1 aliphatic rings. The second-order valence-electron chi connectivity index (χ2n) is 5.99. The van der Waals surface area contributed by atoms with Crippen molar-refractivity contribution in [2.45, 2.75) is 29.6 Å². The average Bonchev–Trinajstić information content (AvgIpc) is 2.59. The predicted octanol–water partition coefficient (Wildman–Crippen LogP) is 3.36. The summed E-state index contributed by atoms with van der Waals surface area (Å²) >= 11 is 1.24. The van der Waals surface area contributed by atoms with Crippen LogP contribution in [0.1, 0.15) is 19.4 Å². The number of non-ortho nitro benzene ring substituents is 1. The number of nitrogens with zero attached hydrogens (tertiary/aromatic N) is 2. The van der Waals surface area contributed by atoms with Crippen LogP contribution < -0.4 is 0 Å². The first-order chi connectivity index (χ1) is 12.7. The molecule has 138 valence electrons. The number of hydrogen-bond donors (Lipinski definition) is 0. The van der Waals surface area contributed by atoms with Gasteiger partial charge >= 0.3 is 11.9 Å². The normalized spacial score (nSPS) is 15.7. The lowest BCUT2D eigenvalue weighted by atomic mass is 10.1. The molecule has 2 heterocycles. The number of aromatic nitrogens is 1. The molecule has 0 N–H and O–H groups in total. The van der Waals surface area contributed by atoms with Gasteiger partial charge in [0, 0.05) is 37.1 Å². The highest BCUT2D eigenvalue weighted by Crippen LogP contribution is 2.34. The number of rotatable bonds is 4. The van der Waals surface area contributed by atoms with Gasteiger partial charge in [-0.25, -0.2) is 14.6 Å². The molecule has 9 heteroatoms. The van der Waals surface area contributed by atoms with Gasteiger partial charge in [0.15, 0.2) is 0 Å². The minimum absolute atomic E-state index is 0.176. The van der Waals surface area contributed by atoms with Crippen LogP contribution in [-0.2, 0) is 19.1 Å². The molecule has 27 heavy (non-hydrogen) atoms. The van der Waals surface area contributed by atoms with Crippen LogP contribution in [0.15, 0.2) is 58.1 Å². The maximum absolute atomic E-state index is 12.2. The minimum Gasteiger partial charge on any atom is -0.419 e. The summed E-state index contributed by atoms with van der Waals surface area (Å²) in [7, 11) is 0. The van der Waals surface area contributed by atoms with Crippen LogP contribution in [0.5, 0.6) is 0 Å². The van der Waals surface area contributed by atoms with Crippen molar-refractivity contribution in [3.8, 4) is 0 Å². The number of pyridine rings is 1. The second-order valence-corrected chi connectivity index (χ2v) is 7.05. The van der Waals surface area contributed by atoms with Gasteiger partial charge in [-0.1, -0.05) is 17.8 Å². The summed E-state index contributed by atoms with van der Waals surface area (Å²) < 4.78 is 10.1. The monoisotopic (exact) mass is 386 g/mol. The zero-order valence-electron chi connectivity index (χ0n) is 14.4. The summed E-state index contributed by atoms with van der Waals surface area (Å²) in [5.74, 6) is -3.06. The summed E-state index contributed by atoms with van der Waals surface area (Å²) in [6.45, 7) is 2.88. The van der Waals surface area contributed by atoms with E-state index in [1.54, 1.807) is 24.4 Å². The van der Waals surface area contributed by atoms with E-state index in [0.29, 0.717) is 15.5 Å².